The molecule has 0 radical (unpaired) electrons. The maximum Gasteiger partial charge on any atom is 0.136 e. The smallest absolute Gasteiger partial charge is 0.136 e. The maximum atomic E-state index is 6.34. The SMILES string of the molecule is CC1(C)c2ccccc2C2(c3ccccc3-c3ccc(N(c4ccc(-c5cccc6oc7ccccc7c56)cc4)c4cccc(-c5coc6cc(-c7ccccc7)ccc56)c4)cc32)c2ccccc21. The monoisotopic (exact) mass is 883 g/mol. The Bertz CT molecular complexity index is 3950. The molecule has 10 aromatic carbocycles. The molecule has 0 bridgehead atoms. The Morgan fingerprint density at radius 2 is 0.928 bits per heavy atom. The van der Waals surface area contributed by atoms with Crippen LogP contribution in [0.3, 0.4) is 0 Å². The molecule has 2 aromatic heterocycles. The maximum absolute atomic E-state index is 6.34. The molecule has 14 rings (SSSR count). The molecule has 0 atom stereocenters. The van der Waals surface area contributed by atoms with Gasteiger partial charge in [-0.15, -0.1) is 0 Å². The fourth-order valence-electron chi connectivity index (χ4n) is 12.1. The molecule has 2 heterocycles. The van der Waals surface area contributed by atoms with E-state index in [1.54, 1.807) is 0 Å². The van der Waals surface area contributed by atoms with Gasteiger partial charge in [0.1, 0.15) is 16.7 Å². The third-order valence-electron chi connectivity index (χ3n) is 15.2. The second-order valence-electron chi connectivity index (χ2n) is 19.2. The van der Waals surface area contributed by atoms with Gasteiger partial charge in [0.2, 0.25) is 0 Å². The summed E-state index contributed by atoms with van der Waals surface area (Å²) in [5.74, 6) is 0. The molecule has 0 N–H and O–H groups in total. The molecule has 0 aliphatic heterocycles. The average Bonchev–Trinajstić information content (AvgIpc) is 4.10. The van der Waals surface area contributed by atoms with Crippen LogP contribution in [0.5, 0.6) is 0 Å². The van der Waals surface area contributed by atoms with Crippen molar-refractivity contribution >= 4 is 50.0 Å². The summed E-state index contributed by atoms with van der Waals surface area (Å²) in [6.07, 6.45) is 1.91. The summed E-state index contributed by atoms with van der Waals surface area (Å²) in [6, 6.07) is 84.3. The molecule has 3 heteroatoms. The molecule has 0 fully saturated rings. The molecule has 0 saturated heterocycles. The van der Waals surface area contributed by atoms with Crippen LogP contribution in [0.15, 0.2) is 246 Å². The summed E-state index contributed by atoms with van der Waals surface area (Å²) in [6.45, 7) is 4.77. The third kappa shape index (κ3) is 5.74. The highest BCUT2D eigenvalue weighted by atomic mass is 16.3. The van der Waals surface area contributed by atoms with Crippen LogP contribution >= 0.6 is 0 Å². The van der Waals surface area contributed by atoms with Gasteiger partial charge in [0.25, 0.3) is 0 Å². The first kappa shape index (κ1) is 39.5. The normalized spacial score (nSPS) is 13.9. The topological polar surface area (TPSA) is 29.5 Å². The molecular formula is C66H45NO2. The fourth-order valence-corrected chi connectivity index (χ4v) is 12.1. The van der Waals surface area contributed by atoms with Crippen molar-refractivity contribution in [3.05, 3.63) is 270 Å². The van der Waals surface area contributed by atoms with Gasteiger partial charge in [0, 0.05) is 44.2 Å². The fraction of sp³-hybridized carbons (Fsp3) is 0.0606. The zero-order valence-corrected chi connectivity index (χ0v) is 38.3. The van der Waals surface area contributed by atoms with Crippen LogP contribution in [-0.4, -0.2) is 0 Å². The lowest BCUT2D eigenvalue weighted by molar-refractivity contribution is 0.563. The Balaban J connectivity index is 0.971. The van der Waals surface area contributed by atoms with Crippen molar-refractivity contribution in [2.24, 2.45) is 0 Å². The van der Waals surface area contributed by atoms with Gasteiger partial charge in [-0.3, -0.25) is 0 Å². The highest BCUT2D eigenvalue weighted by Crippen LogP contribution is 2.62. The summed E-state index contributed by atoms with van der Waals surface area (Å²) in [5.41, 5.74) is 22.4. The van der Waals surface area contributed by atoms with E-state index in [1.165, 1.54) is 50.1 Å². The van der Waals surface area contributed by atoms with E-state index in [2.05, 4.69) is 237 Å². The molecule has 12 aromatic rings. The van der Waals surface area contributed by atoms with E-state index in [4.69, 9.17) is 8.83 Å². The van der Waals surface area contributed by atoms with Gasteiger partial charge in [0.15, 0.2) is 0 Å². The minimum Gasteiger partial charge on any atom is -0.464 e. The van der Waals surface area contributed by atoms with Crippen LogP contribution in [0, 0.1) is 0 Å². The van der Waals surface area contributed by atoms with Gasteiger partial charge in [-0.05, 0) is 133 Å². The van der Waals surface area contributed by atoms with Crippen molar-refractivity contribution < 1.29 is 8.83 Å². The lowest BCUT2D eigenvalue weighted by Crippen LogP contribution is -2.40. The zero-order chi connectivity index (χ0) is 45.8. The molecule has 2 aliphatic carbocycles. The van der Waals surface area contributed by atoms with E-state index in [1.807, 2.05) is 18.4 Å². The molecule has 3 nitrogen and oxygen atoms in total. The van der Waals surface area contributed by atoms with Crippen molar-refractivity contribution in [3.8, 4) is 44.5 Å². The average molecular weight is 884 g/mol. The third-order valence-corrected chi connectivity index (χ3v) is 15.2. The standard InChI is InChI=1S/C66H45NO2/c1-65(2)56-24-9-11-26-58(56)66(59-27-12-10-25-57(59)65)55-23-8-6-20-50(55)51-37-35-48(40-60(51)66)67(46-33-30-43(31-34-46)49-22-15-29-62-64(49)53-21-7-13-28-61(53)69-62)47-19-14-18-45(38-47)54-41-68-63-39-44(32-36-52(54)63)42-16-4-3-5-17-42/h3-41H,1-2H3. The lowest BCUT2D eigenvalue weighted by Gasteiger charge is -2.46. The highest BCUT2D eigenvalue weighted by Gasteiger charge is 2.53. The first-order chi connectivity index (χ1) is 34.0. The lowest BCUT2D eigenvalue weighted by atomic mass is 9.55. The largest absolute Gasteiger partial charge is 0.464 e. The second kappa shape index (κ2) is 14.9. The second-order valence-corrected chi connectivity index (χ2v) is 19.2. The number of anilines is 3. The first-order valence-electron chi connectivity index (χ1n) is 23.9. The van der Waals surface area contributed by atoms with Crippen LogP contribution in [-0.2, 0) is 10.8 Å². The van der Waals surface area contributed by atoms with Crippen molar-refractivity contribution in [3.63, 3.8) is 0 Å². The molecule has 0 amide bonds. The number of rotatable bonds is 6. The number of benzene rings is 10. The van der Waals surface area contributed by atoms with Crippen molar-refractivity contribution in [1.82, 2.24) is 0 Å². The van der Waals surface area contributed by atoms with Crippen LogP contribution in [0.4, 0.5) is 17.1 Å². The van der Waals surface area contributed by atoms with E-state index >= 15 is 0 Å². The van der Waals surface area contributed by atoms with E-state index in [0.717, 1.165) is 77.8 Å². The summed E-state index contributed by atoms with van der Waals surface area (Å²) in [4.78, 5) is 2.43. The number of nitrogens with zero attached hydrogens (tertiary/aromatic N) is 1. The highest BCUT2D eigenvalue weighted by molar-refractivity contribution is 6.12. The minimum absolute atomic E-state index is 0.185. The van der Waals surface area contributed by atoms with E-state index in [9.17, 15) is 0 Å². The molecule has 0 unspecified atom stereocenters. The predicted octanol–water partition coefficient (Wildman–Crippen LogP) is 17.8. The number of furan rings is 2. The molecular weight excluding hydrogens is 839 g/mol. The number of fused-ring (bicyclic) bond motifs is 13. The minimum atomic E-state index is -0.525. The molecule has 326 valence electrons. The Hall–Kier alpha value is -8.66. The summed E-state index contributed by atoms with van der Waals surface area (Å²) >= 11 is 0. The summed E-state index contributed by atoms with van der Waals surface area (Å²) in [7, 11) is 0. The van der Waals surface area contributed by atoms with Gasteiger partial charge in [-0.2, -0.15) is 0 Å². The molecule has 69 heavy (non-hydrogen) atoms. The quantitative estimate of drug-likeness (QED) is 0.167. The molecule has 0 saturated carbocycles. The summed E-state index contributed by atoms with van der Waals surface area (Å²) in [5, 5.41) is 3.34. The molecule has 1 spiro atoms. The summed E-state index contributed by atoms with van der Waals surface area (Å²) < 4.78 is 12.7. The van der Waals surface area contributed by atoms with E-state index in [0.29, 0.717) is 0 Å². The van der Waals surface area contributed by atoms with Gasteiger partial charge in [-0.1, -0.05) is 184 Å². The zero-order valence-electron chi connectivity index (χ0n) is 38.3. The van der Waals surface area contributed by atoms with E-state index in [-0.39, 0.29) is 5.41 Å². The van der Waals surface area contributed by atoms with Crippen LogP contribution in [0.1, 0.15) is 47.2 Å². The Morgan fingerprint density at radius 3 is 1.72 bits per heavy atom. The molecule has 2 aliphatic rings. The van der Waals surface area contributed by atoms with Crippen molar-refractivity contribution in [1.29, 1.82) is 0 Å². The van der Waals surface area contributed by atoms with Crippen LogP contribution < -0.4 is 4.90 Å². The Kier molecular flexibility index (Phi) is 8.54. The van der Waals surface area contributed by atoms with Crippen molar-refractivity contribution in [2.45, 2.75) is 24.7 Å². The Labute approximate surface area is 401 Å². The number of hydrogen-bond acceptors (Lipinski definition) is 3. The Morgan fingerprint density at radius 1 is 0.333 bits per heavy atom. The van der Waals surface area contributed by atoms with Gasteiger partial charge in [0.05, 0.1) is 11.7 Å². The number of para-hydroxylation sites is 1. The first-order valence-corrected chi connectivity index (χ1v) is 23.9. The number of hydrogen-bond donors (Lipinski definition) is 0. The predicted molar refractivity (Wildman–Crippen MR) is 284 cm³/mol. The van der Waals surface area contributed by atoms with Crippen molar-refractivity contribution in [2.75, 3.05) is 4.90 Å². The van der Waals surface area contributed by atoms with Gasteiger partial charge in [-0.25, -0.2) is 0 Å². The van der Waals surface area contributed by atoms with Gasteiger partial charge >= 0.3 is 0 Å². The van der Waals surface area contributed by atoms with E-state index < -0.39 is 5.41 Å². The van der Waals surface area contributed by atoms with Crippen LogP contribution in [0.25, 0.3) is 77.4 Å². The van der Waals surface area contributed by atoms with Gasteiger partial charge < -0.3 is 13.7 Å². The van der Waals surface area contributed by atoms with Crippen LogP contribution in [0.2, 0.25) is 0 Å².